The molecule has 18 heavy (non-hydrogen) atoms. The molecule has 0 saturated heterocycles. The maximum atomic E-state index is 12.8. The lowest BCUT2D eigenvalue weighted by Crippen LogP contribution is -2.02. The van der Waals surface area contributed by atoms with Gasteiger partial charge in [-0.2, -0.15) is 0 Å². The van der Waals surface area contributed by atoms with Crippen LogP contribution in [0.1, 0.15) is 32.9 Å². The molecule has 2 heterocycles. The first-order chi connectivity index (χ1) is 8.66. The molecule has 0 spiro atoms. The number of aromatic nitrogens is 1. The van der Waals surface area contributed by atoms with E-state index in [-0.39, 0.29) is 0 Å². The Hall–Kier alpha value is -0.830. The van der Waals surface area contributed by atoms with Crippen molar-refractivity contribution in [2.45, 2.75) is 33.7 Å². The molecule has 0 amide bonds. The quantitative estimate of drug-likeness (QED) is 0.735. The number of fused-ring (bicyclic) bond motifs is 1. The summed E-state index contributed by atoms with van der Waals surface area (Å²) in [5, 5.41) is 0.823. The van der Waals surface area contributed by atoms with Crippen LogP contribution in [0.2, 0.25) is 0 Å². The van der Waals surface area contributed by atoms with E-state index in [0.717, 1.165) is 23.0 Å². The van der Waals surface area contributed by atoms with E-state index in [1.165, 1.54) is 0 Å². The number of rotatable bonds is 6. The summed E-state index contributed by atoms with van der Waals surface area (Å²) in [7, 11) is -3.13. The van der Waals surface area contributed by atoms with Gasteiger partial charge in [-0.1, -0.05) is 6.92 Å². The van der Waals surface area contributed by atoms with Crippen molar-refractivity contribution in [2.24, 2.45) is 0 Å². The van der Waals surface area contributed by atoms with E-state index in [4.69, 9.17) is 9.05 Å². The van der Waals surface area contributed by atoms with Crippen molar-refractivity contribution in [2.75, 3.05) is 13.2 Å². The van der Waals surface area contributed by atoms with E-state index in [2.05, 4.69) is 11.5 Å². The first-order valence-electron chi connectivity index (χ1n) is 6.43. The Morgan fingerprint density at radius 1 is 1.28 bits per heavy atom. The molecule has 0 unspecified atom stereocenters. The van der Waals surface area contributed by atoms with Gasteiger partial charge in [-0.25, -0.2) is 0 Å². The molecule has 0 bridgehead atoms. The van der Waals surface area contributed by atoms with Crippen LogP contribution < -0.4 is 0 Å². The molecule has 0 aliphatic carbocycles. The highest BCUT2D eigenvalue weighted by Crippen LogP contribution is 2.60. The molecule has 0 N–H and O–H groups in total. The van der Waals surface area contributed by atoms with Crippen LogP contribution in [0.15, 0.2) is 23.6 Å². The lowest BCUT2D eigenvalue weighted by Gasteiger charge is -2.19. The van der Waals surface area contributed by atoms with E-state index >= 15 is 0 Å². The van der Waals surface area contributed by atoms with Gasteiger partial charge in [0.05, 0.1) is 25.1 Å². The van der Waals surface area contributed by atoms with Gasteiger partial charge in [0.1, 0.15) is 0 Å². The van der Waals surface area contributed by atoms with Crippen molar-refractivity contribution in [1.82, 2.24) is 4.57 Å². The minimum Gasteiger partial charge on any atom is -0.343 e. The molecule has 5 heteroatoms. The minimum absolute atomic E-state index is 0.395. The Bertz CT molecular complexity index is 494. The number of nitrogens with zero attached hydrogens (tertiary/aromatic N) is 1. The summed E-state index contributed by atoms with van der Waals surface area (Å²) in [6.45, 7) is 7.16. The Morgan fingerprint density at radius 2 is 1.94 bits per heavy atom. The topological polar surface area (TPSA) is 40.5 Å². The van der Waals surface area contributed by atoms with E-state index in [1.54, 1.807) is 0 Å². The van der Waals surface area contributed by atoms with Crippen LogP contribution in [-0.2, 0) is 20.2 Å². The SMILES string of the molecule is CCOP(=O)(OCC)C1=C(CC)c2cccn2C1. The number of hydrogen-bond donors (Lipinski definition) is 0. The summed E-state index contributed by atoms with van der Waals surface area (Å²) in [6.07, 6.45) is 2.84. The second-order valence-corrected chi connectivity index (χ2v) is 6.18. The maximum absolute atomic E-state index is 12.8. The van der Waals surface area contributed by atoms with Crippen LogP contribution in [-0.4, -0.2) is 17.8 Å². The molecule has 1 aromatic rings. The van der Waals surface area contributed by atoms with Gasteiger partial charge in [0, 0.05) is 11.9 Å². The van der Waals surface area contributed by atoms with Gasteiger partial charge in [-0.05, 0) is 38.0 Å². The lowest BCUT2D eigenvalue weighted by atomic mass is 10.1. The molecule has 1 aromatic heterocycles. The Balaban J connectivity index is 2.42. The molecule has 0 aromatic carbocycles. The third-order valence-electron chi connectivity index (χ3n) is 3.09. The molecule has 2 rings (SSSR count). The maximum Gasteiger partial charge on any atom is 0.359 e. The van der Waals surface area contributed by atoms with Crippen LogP contribution in [0.3, 0.4) is 0 Å². The average molecular weight is 269 g/mol. The Morgan fingerprint density at radius 3 is 2.50 bits per heavy atom. The molecule has 0 radical (unpaired) electrons. The van der Waals surface area contributed by atoms with Gasteiger partial charge in [0.25, 0.3) is 0 Å². The Kier molecular flexibility index (Phi) is 4.10. The zero-order valence-corrected chi connectivity index (χ0v) is 12.1. The Labute approximate surface area is 108 Å². The highest BCUT2D eigenvalue weighted by Gasteiger charge is 2.36. The molecule has 100 valence electrons. The van der Waals surface area contributed by atoms with Crippen LogP contribution in [0.5, 0.6) is 0 Å². The predicted molar refractivity (Wildman–Crippen MR) is 72.5 cm³/mol. The summed E-state index contributed by atoms with van der Waals surface area (Å²) in [5.74, 6) is 0. The van der Waals surface area contributed by atoms with E-state index in [9.17, 15) is 4.57 Å². The van der Waals surface area contributed by atoms with Crippen LogP contribution in [0, 0.1) is 0 Å². The van der Waals surface area contributed by atoms with Gasteiger partial charge in [0.15, 0.2) is 0 Å². The first-order valence-corrected chi connectivity index (χ1v) is 7.97. The molecule has 0 atom stereocenters. The van der Waals surface area contributed by atoms with E-state index in [1.807, 2.05) is 32.2 Å². The summed E-state index contributed by atoms with van der Waals surface area (Å²) in [6, 6.07) is 4.06. The van der Waals surface area contributed by atoms with Crippen LogP contribution in [0.25, 0.3) is 5.57 Å². The van der Waals surface area contributed by atoms with Crippen molar-refractivity contribution < 1.29 is 13.6 Å². The fourth-order valence-electron chi connectivity index (χ4n) is 2.40. The van der Waals surface area contributed by atoms with Crippen molar-refractivity contribution in [1.29, 1.82) is 0 Å². The monoisotopic (exact) mass is 269 g/mol. The van der Waals surface area contributed by atoms with Crippen molar-refractivity contribution in [3.63, 3.8) is 0 Å². The van der Waals surface area contributed by atoms with Crippen molar-refractivity contribution >= 4 is 13.2 Å². The summed E-state index contributed by atoms with van der Waals surface area (Å²) >= 11 is 0. The fourth-order valence-corrected chi connectivity index (χ4v) is 4.40. The highest BCUT2D eigenvalue weighted by molar-refractivity contribution is 7.58. The predicted octanol–water partition coefficient (Wildman–Crippen LogP) is 3.89. The number of allylic oxidation sites excluding steroid dienone is 2. The van der Waals surface area contributed by atoms with Gasteiger partial charge in [-0.3, -0.25) is 4.57 Å². The van der Waals surface area contributed by atoms with E-state index in [0.29, 0.717) is 19.8 Å². The highest BCUT2D eigenvalue weighted by atomic mass is 31.2. The summed E-state index contributed by atoms with van der Waals surface area (Å²) < 4.78 is 25.8. The lowest BCUT2D eigenvalue weighted by molar-refractivity contribution is 0.225. The van der Waals surface area contributed by atoms with Gasteiger partial charge in [-0.15, -0.1) is 0 Å². The summed E-state index contributed by atoms with van der Waals surface area (Å²) in [4.78, 5) is 0. The third-order valence-corrected chi connectivity index (χ3v) is 5.36. The summed E-state index contributed by atoms with van der Waals surface area (Å²) in [5.41, 5.74) is 2.23. The van der Waals surface area contributed by atoms with Crippen LogP contribution >= 0.6 is 7.60 Å². The molecule has 1 aliphatic heterocycles. The van der Waals surface area contributed by atoms with Gasteiger partial charge in [0.2, 0.25) is 0 Å². The minimum atomic E-state index is -3.13. The smallest absolute Gasteiger partial charge is 0.343 e. The van der Waals surface area contributed by atoms with Gasteiger partial charge < -0.3 is 13.6 Å². The third kappa shape index (κ3) is 2.20. The average Bonchev–Trinajstić information content (AvgIpc) is 2.88. The number of hydrogen-bond acceptors (Lipinski definition) is 3. The van der Waals surface area contributed by atoms with Crippen molar-refractivity contribution in [3.8, 4) is 0 Å². The first kappa shape index (κ1) is 13.6. The zero-order chi connectivity index (χ0) is 13.2. The van der Waals surface area contributed by atoms with Gasteiger partial charge >= 0.3 is 7.60 Å². The molecular weight excluding hydrogens is 249 g/mol. The second-order valence-electron chi connectivity index (χ2n) is 4.13. The van der Waals surface area contributed by atoms with E-state index < -0.39 is 7.60 Å². The largest absolute Gasteiger partial charge is 0.359 e. The second kappa shape index (κ2) is 5.43. The molecular formula is C13H20NO3P. The molecule has 1 aliphatic rings. The van der Waals surface area contributed by atoms with Crippen LogP contribution in [0.4, 0.5) is 0 Å². The zero-order valence-electron chi connectivity index (χ0n) is 11.2. The standard InChI is InChI=1S/C13H20NO3P/c1-4-11-12-8-7-9-14(12)10-13(11)18(15,16-5-2)17-6-3/h7-9H,4-6,10H2,1-3H3. The molecule has 4 nitrogen and oxygen atoms in total. The van der Waals surface area contributed by atoms with Crippen molar-refractivity contribution in [3.05, 3.63) is 29.3 Å². The normalized spacial score (nSPS) is 15.3. The molecule has 0 fully saturated rings. The fraction of sp³-hybridized carbons (Fsp3) is 0.538. The molecule has 0 saturated carbocycles.